The van der Waals surface area contributed by atoms with E-state index in [1.807, 2.05) is 44.2 Å². The van der Waals surface area contributed by atoms with E-state index in [9.17, 15) is 0 Å². The summed E-state index contributed by atoms with van der Waals surface area (Å²) < 4.78 is 25.9. The van der Waals surface area contributed by atoms with Crippen molar-refractivity contribution >= 4 is 39.5 Å². The Morgan fingerprint density at radius 1 is 1.03 bits per heavy atom. The first-order chi connectivity index (χ1) is 14.5. The standard InChI is InChI=1S/C23H21BrO4S2/c1-23(2)27-19-18-20(26-21(19)28-23)22(30-17-12-6-4-10-15(17)24)29-16-11-5-3-8-14(16)9-7-13-25-18/h3-6,8,10-12,18-22H,13H2,1-2H3/t18-,19-,20+,21-,22?/m1/s1. The highest BCUT2D eigenvalue weighted by Gasteiger charge is 2.57. The molecule has 5 atom stereocenters. The molecule has 7 heteroatoms. The van der Waals surface area contributed by atoms with Crippen molar-refractivity contribution in [3.05, 3.63) is 58.6 Å². The van der Waals surface area contributed by atoms with Gasteiger partial charge in [-0.05, 0) is 54.0 Å². The SMILES string of the molecule is CC1(C)O[C@H]2O[C@@H]3C(Sc4ccccc4Br)Sc4ccccc4C#CCO[C@@H]3[C@H]2O1. The smallest absolute Gasteiger partial charge is 0.190 e. The molecule has 0 saturated carbocycles. The highest BCUT2D eigenvalue weighted by Crippen LogP contribution is 2.48. The van der Waals surface area contributed by atoms with Gasteiger partial charge in [0.15, 0.2) is 12.1 Å². The van der Waals surface area contributed by atoms with Crippen LogP contribution in [0.15, 0.2) is 62.8 Å². The third-order valence-electron chi connectivity index (χ3n) is 5.08. The highest BCUT2D eigenvalue weighted by atomic mass is 79.9. The fraction of sp³-hybridized carbons (Fsp3) is 0.391. The van der Waals surface area contributed by atoms with Crippen molar-refractivity contribution in [2.24, 2.45) is 0 Å². The Morgan fingerprint density at radius 3 is 2.70 bits per heavy atom. The van der Waals surface area contributed by atoms with Gasteiger partial charge in [0, 0.05) is 19.8 Å². The minimum atomic E-state index is -0.685. The molecule has 30 heavy (non-hydrogen) atoms. The predicted molar refractivity (Wildman–Crippen MR) is 121 cm³/mol. The van der Waals surface area contributed by atoms with E-state index in [2.05, 4.69) is 46.0 Å². The van der Waals surface area contributed by atoms with Crippen molar-refractivity contribution < 1.29 is 18.9 Å². The maximum absolute atomic E-state index is 6.42. The number of hydrogen-bond donors (Lipinski definition) is 0. The van der Waals surface area contributed by atoms with Crippen LogP contribution in [0.25, 0.3) is 0 Å². The molecule has 3 heterocycles. The zero-order valence-electron chi connectivity index (χ0n) is 16.5. The fourth-order valence-electron chi connectivity index (χ4n) is 3.80. The van der Waals surface area contributed by atoms with Gasteiger partial charge in [-0.15, -0.1) is 23.5 Å². The Morgan fingerprint density at radius 2 is 1.83 bits per heavy atom. The minimum absolute atomic E-state index is 0.0238. The van der Waals surface area contributed by atoms with Crippen LogP contribution >= 0.6 is 39.5 Å². The van der Waals surface area contributed by atoms with E-state index in [0.29, 0.717) is 6.61 Å². The second kappa shape index (κ2) is 8.51. The highest BCUT2D eigenvalue weighted by molar-refractivity contribution is 9.10. The van der Waals surface area contributed by atoms with Gasteiger partial charge in [0.1, 0.15) is 24.9 Å². The van der Waals surface area contributed by atoms with Crippen molar-refractivity contribution in [3.63, 3.8) is 0 Å². The van der Waals surface area contributed by atoms with Crippen LogP contribution in [-0.2, 0) is 18.9 Å². The number of ether oxygens (including phenoxy) is 4. The minimum Gasteiger partial charge on any atom is -0.360 e. The van der Waals surface area contributed by atoms with Gasteiger partial charge in [0.2, 0.25) is 0 Å². The monoisotopic (exact) mass is 504 g/mol. The maximum atomic E-state index is 6.42. The van der Waals surface area contributed by atoms with Crippen LogP contribution in [0.1, 0.15) is 19.4 Å². The summed E-state index contributed by atoms with van der Waals surface area (Å²) >= 11 is 7.20. The third kappa shape index (κ3) is 4.20. The topological polar surface area (TPSA) is 36.9 Å². The first-order valence-electron chi connectivity index (χ1n) is 9.79. The molecule has 0 aromatic heterocycles. The number of fused-ring (bicyclic) bond motifs is 4. The molecule has 156 valence electrons. The summed E-state index contributed by atoms with van der Waals surface area (Å²) in [7, 11) is 0. The number of hydrogen-bond acceptors (Lipinski definition) is 6. The number of thioether (sulfide) groups is 2. The Bertz CT molecular complexity index is 1000. The van der Waals surface area contributed by atoms with E-state index in [-0.39, 0.29) is 22.9 Å². The lowest BCUT2D eigenvalue weighted by Gasteiger charge is -2.30. The van der Waals surface area contributed by atoms with Crippen LogP contribution in [-0.4, -0.2) is 41.6 Å². The van der Waals surface area contributed by atoms with Crippen molar-refractivity contribution in [1.82, 2.24) is 0 Å². The van der Waals surface area contributed by atoms with Crippen LogP contribution in [0.2, 0.25) is 0 Å². The van der Waals surface area contributed by atoms with E-state index in [1.54, 1.807) is 23.5 Å². The average molecular weight is 505 g/mol. The summed E-state index contributed by atoms with van der Waals surface area (Å²) in [5.74, 6) is 5.72. The van der Waals surface area contributed by atoms with Crippen molar-refractivity contribution in [1.29, 1.82) is 0 Å². The van der Waals surface area contributed by atoms with E-state index in [4.69, 9.17) is 18.9 Å². The van der Waals surface area contributed by atoms with Crippen LogP contribution in [0.3, 0.4) is 0 Å². The molecule has 0 aliphatic carbocycles. The number of benzene rings is 2. The van der Waals surface area contributed by atoms with Gasteiger partial charge in [-0.3, -0.25) is 0 Å². The average Bonchev–Trinajstić information content (AvgIpc) is 3.19. The number of rotatable bonds is 2. The van der Waals surface area contributed by atoms with Gasteiger partial charge in [0.25, 0.3) is 0 Å². The Balaban J connectivity index is 1.52. The second-order valence-corrected chi connectivity index (χ2v) is 11.2. The summed E-state index contributed by atoms with van der Waals surface area (Å²) in [5, 5.41) is 0. The Kier molecular flexibility index (Phi) is 5.93. The van der Waals surface area contributed by atoms with E-state index in [0.717, 1.165) is 19.8 Å². The van der Waals surface area contributed by atoms with E-state index < -0.39 is 12.1 Å². The largest absolute Gasteiger partial charge is 0.360 e. The van der Waals surface area contributed by atoms with Gasteiger partial charge >= 0.3 is 0 Å². The molecule has 5 rings (SSSR count). The van der Waals surface area contributed by atoms with Crippen LogP contribution in [0.5, 0.6) is 0 Å². The first kappa shape index (κ1) is 20.9. The molecule has 0 spiro atoms. The summed E-state index contributed by atoms with van der Waals surface area (Å²) in [6.07, 6.45) is -1.19. The molecule has 2 aromatic rings. The zero-order chi connectivity index (χ0) is 20.7. The summed E-state index contributed by atoms with van der Waals surface area (Å²) in [4.78, 5) is 2.29. The third-order valence-corrected chi connectivity index (χ3v) is 8.83. The summed E-state index contributed by atoms with van der Waals surface area (Å²) in [5.41, 5.74) is 1.01. The first-order valence-corrected chi connectivity index (χ1v) is 12.3. The van der Waals surface area contributed by atoms with Gasteiger partial charge in [-0.25, -0.2) is 0 Å². The quantitative estimate of drug-likeness (QED) is 0.517. The van der Waals surface area contributed by atoms with E-state index in [1.165, 1.54) is 0 Å². The summed E-state index contributed by atoms with van der Waals surface area (Å²) in [6.45, 7) is 4.13. The van der Waals surface area contributed by atoms with Gasteiger partial charge < -0.3 is 18.9 Å². The molecule has 3 aliphatic rings. The molecule has 0 bridgehead atoms. The molecule has 3 aliphatic heterocycles. The zero-order valence-corrected chi connectivity index (χ0v) is 19.8. The van der Waals surface area contributed by atoms with Gasteiger partial charge in [0.05, 0.1) is 4.58 Å². The fourth-order valence-corrected chi connectivity index (χ4v) is 7.13. The molecule has 2 fully saturated rings. The lowest BCUT2D eigenvalue weighted by Crippen LogP contribution is -2.41. The lowest BCUT2D eigenvalue weighted by atomic mass is 10.1. The molecule has 0 amide bonds. The second-order valence-electron chi connectivity index (χ2n) is 7.68. The molecule has 0 N–H and O–H groups in total. The lowest BCUT2D eigenvalue weighted by molar-refractivity contribution is -0.215. The molecule has 2 aromatic carbocycles. The molecular formula is C23H21BrO4S2. The maximum Gasteiger partial charge on any atom is 0.190 e. The predicted octanol–water partition coefficient (Wildman–Crippen LogP) is 5.29. The summed E-state index contributed by atoms with van der Waals surface area (Å²) in [6, 6.07) is 16.5. The van der Waals surface area contributed by atoms with Gasteiger partial charge in [-0.1, -0.05) is 36.1 Å². The normalized spacial score (nSPS) is 31.8. The van der Waals surface area contributed by atoms with Crippen LogP contribution in [0.4, 0.5) is 0 Å². The Labute approximate surface area is 193 Å². The van der Waals surface area contributed by atoms with Crippen molar-refractivity contribution in [2.75, 3.05) is 6.61 Å². The van der Waals surface area contributed by atoms with Gasteiger partial charge in [-0.2, -0.15) is 0 Å². The Hall–Kier alpha value is -0.980. The molecule has 2 saturated heterocycles. The van der Waals surface area contributed by atoms with Crippen LogP contribution < -0.4 is 0 Å². The number of halogens is 1. The molecular weight excluding hydrogens is 484 g/mol. The van der Waals surface area contributed by atoms with Crippen molar-refractivity contribution in [3.8, 4) is 11.8 Å². The molecule has 0 radical (unpaired) electrons. The molecule has 4 nitrogen and oxygen atoms in total. The van der Waals surface area contributed by atoms with Crippen molar-refractivity contribution in [2.45, 2.75) is 58.6 Å². The van der Waals surface area contributed by atoms with E-state index >= 15 is 0 Å². The molecule has 1 unspecified atom stereocenters. The van der Waals surface area contributed by atoms with Crippen LogP contribution in [0, 0.1) is 11.8 Å².